The van der Waals surface area contributed by atoms with Crippen LogP contribution in [0.2, 0.25) is 0 Å². The van der Waals surface area contributed by atoms with Gasteiger partial charge in [-0.05, 0) is 42.3 Å². The Morgan fingerprint density at radius 2 is 1.46 bits per heavy atom. The van der Waals surface area contributed by atoms with Crippen LogP contribution in [0.25, 0.3) is 0 Å². The van der Waals surface area contributed by atoms with E-state index in [4.69, 9.17) is 0 Å². The highest BCUT2D eigenvalue weighted by Crippen LogP contribution is 2.29. The average molecular weight is 352 g/mol. The molecule has 0 spiro atoms. The zero-order valence-electron chi connectivity index (χ0n) is 14.8. The summed E-state index contributed by atoms with van der Waals surface area (Å²) in [4.78, 5) is 41.1. The van der Waals surface area contributed by atoms with Crippen LogP contribution >= 0.6 is 0 Å². The molecule has 1 N–H and O–H groups in total. The van der Waals surface area contributed by atoms with E-state index in [0.717, 1.165) is 4.90 Å². The van der Waals surface area contributed by atoms with Gasteiger partial charge in [0.2, 0.25) is 5.91 Å². The Morgan fingerprint density at radius 3 is 1.92 bits per heavy atom. The number of aromatic hydroxyl groups is 1. The second kappa shape index (κ2) is 6.63. The Labute approximate surface area is 151 Å². The lowest BCUT2D eigenvalue weighted by molar-refractivity contribution is -0.123. The summed E-state index contributed by atoms with van der Waals surface area (Å²) < 4.78 is 0. The third kappa shape index (κ3) is 2.83. The minimum absolute atomic E-state index is 0.0929. The number of benzene rings is 2. The molecule has 0 fully saturated rings. The van der Waals surface area contributed by atoms with Gasteiger partial charge >= 0.3 is 0 Å². The summed E-state index contributed by atoms with van der Waals surface area (Å²) in [7, 11) is 1.59. The molecule has 2 aromatic carbocycles. The zero-order chi connectivity index (χ0) is 19.0. The minimum Gasteiger partial charge on any atom is -0.508 e. The molecular formula is C20H20N2O4. The second-order valence-electron chi connectivity index (χ2n) is 6.63. The van der Waals surface area contributed by atoms with Crippen LogP contribution in [0.1, 0.15) is 34.6 Å². The van der Waals surface area contributed by atoms with Gasteiger partial charge in [0, 0.05) is 12.7 Å². The first-order chi connectivity index (χ1) is 12.3. The first kappa shape index (κ1) is 17.7. The van der Waals surface area contributed by atoms with E-state index in [-0.39, 0.29) is 17.6 Å². The van der Waals surface area contributed by atoms with Crippen molar-refractivity contribution in [2.75, 3.05) is 11.9 Å². The largest absolute Gasteiger partial charge is 0.508 e. The predicted molar refractivity (Wildman–Crippen MR) is 97.1 cm³/mol. The zero-order valence-corrected chi connectivity index (χ0v) is 14.8. The van der Waals surface area contributed by atoms with Crippen LogP contribution in [-0.2, 0) is 4.79 Å². The van der Waals surface area contributed by atoms with Gasteiger partial charge in [-0.2, -0.15) is 0 Å². The summed E-state index contributed by atoms with van der Waals surface area (Å²) in [6, 6.07) is 11.8. The van der Waals surface area contributed by atoms with Crippen molar-refractivity contribution < 1.29 is 19.5 Å². The van der Waals surface area contributed by atoms with Gasteiger partial charge in [-0.3, -0.25) is 19.3 Å². The van der Waals surface area contributed by atoms with Gasteiger partial charge in [0.15, 0.2) is 0 Å². The molecule has 134 valence electrons. The standard InChI is InChI=1S/C20H20N2O4/c1-12(2)17(20(26)21(3)13-8-10-14(23)11-9-13)22-18(24)15-6-4-5-7-16(15)19(22)25/h4-12,17,23H,1-3H3. The van der Waals surface area contributed by atoms with Crippen LogP contribution in [-0.4, -0.2) is 40.8 Å². The smallest absolute Gasteiger partial charge is 0.262 e. The molecule has 6 nitrogen and oxygen atoms in total. The Morgan fingerprint density at radius 1 is 0.962 bits per heavy atom. The molecule has 0 bridgehead atoms. The summed E-state index contributed by atoms with van der Waals surface area (Å²) in [5.74, 6) is -1.42. The molecule has 1 aliphatic rings. The molecule has 1 heterocycles. The molecule has 1 atom stereocenters. The number of likely N-dealkylation sites (N-methyl/N-ethyl adjacent to an activating group) is 1. The molecule has 0 aliphatic carbocycles. The lowest BCUT2D eigenvalue weighted by Crippen LogP contribution is -2.52. The lowest BCUT2D eigenvalue weighted by atomic mass is 10.0. The maximum Gasteiger partial charge on any atom is 0.262 e. The van der Waals surface area contributed by atoms with Crippen LogP contribution in [0.3, 0.4) is 0 Å². The number of fused-ring (bicyclic) bond motifs is 1. The number of nitrogens with zero attached hydrogens (tertiary/aromatic N) is 2. The van der Waals surface area contributed by atoms with E-state index in [1.165, 1.54) is 17.0 Å². The van der Waals surface area contributed by atoms with Gasteiger partial charge in [-0.1, -0.05) is 26.0 Å². The number of hydrogen-bond acceptors (Lipinski definition) is 4. The molecule has 3 rings (SSSR count). The molecule has 1 unspecified atom stereocenters. The van der Waals surface area contributed by atoms with Crippen molar-refractivity contribution in [2.24, 2.45) is 5.92 Å². The predicted octanol–water partition coefficient (Wildman–Crippen LogP) is 2.68. The molecule has 0 saturated heterocycles. The lowest BCUT2D eigenvalue weighted by Gasteiger charge is -2.32. The van der Waals surface area contributed by atoms with Gasteiger partial charge in [-0.25, -0.2) is 0 Å². The fraction of sp³-hybridized carbons (Fsp3) is 0.250. The molecule has 6 heteroatoms. The van der Waals surface area contributed by atoms with E-state index in [9.17, 15) is 19.5 Å². The highest BCUT2D eigenvalue weighted by Gasteiger charge is 2.44. The number of anilines is 1. The first-order valence-corrected chi connectivity index (χ1v) is 8.36. The van der Waals surface area contributed by atoms with Crippen molar-refractivity contribution in [3.8, 4) is 5.75 Å². The number of imide groups is 1. The summed E-state index contributed by atoms with van der Waals surface area (Å²) in [5.41, 5.74) is 1.21. The van der Waals surface area contributed by atoms with Gasteiger partial charge < -0.3 is 10.0 Å². The number of amides is 3. The van der Waals surface area contributed by atoms with E-state index in [2.05, 4.69) is 0 Å². The Bertz CT molecular complexity index is 839. The van der Waals surface area contributed by atoms with E-state index >= 15 is 0 Å². The summed E-state index contributed by atoms with van der Waals surface area (Å²) >= 11 is 0. The quantitative estimate of drug-likeness (QED) is 0.858. The van der Waals surface area contributed by atoms with Crippen LogP contribution in [0.5, 0.6) is 5.75 Å². The topological polar surface area (TPSA) is 77.9 Å². The van der Waals surface area contributed by atoms with Crippen LogP contribution in [0.4, 0.5) is 5.69 Å². The van der Waals surface area contributed by atoms with Crippen molar-refractivity contribution in [3.05, 3.63) is 59.7 Å². The Hall–Kier alpha value is -3.15. The van der Waals surface area contributed by atoms with Gasteiger partial charge in [0.05, 0.1) is 11.1 Å². The maximum atomic E-state index is 13.1. The van der Waals surface area contributed by atoms with E-state index in [1.54, 1.807) is 57.3 Å². The van der Waals surface area contributed by atoms with Crippen molar-refractivity contribution in [2.45, 2.75) is 19.9 Å². The van der Waals surface area contributed by atoms with Crippen LogP contribution in [0, 0.1) is 5.92 Å². The Kier molecular flexibility index (Phi) is 4.50. The van der Waals surface area contributed by atoms with E-state index in [0.29, 0.717) is 16.8 Å². The number of phenolic OH excluding ortho intramolecular Hbond substituents is 1. The third-order valence-electron chi connectivity index (χ3n) is 4.56. The highest BCUT2D eigenvalue weighted by atomic mass is 16.3. The van der Waals surface area contributed by atoms with Crippen molar-refractivity contribution in [1.82, 2.24) is 4.90 Å². The number of carbonyl (C=O) groups excluding carboxylic acids is 3. The van der Waals surface area contributed by atoms with E-state index < -0.39 is 17.9 Å². The summed E-state index contributed by atoms with van der Waals surface area (Å²) in [6.45, 7) is 3.60. The van der Waals surface area contributed by atoms with Crippen LogP contribution < -0.4 is 4.90 Å². The molecule has 0 aromatic heterocycles. The third-order valence-corrected chi connectivity index (χ3v) is 4.56. The van der Waals surface area contributed by atoms with Crippen molar-refractivity contribution >= 4 is 23.4 Å². The van der Waals surface area contributed by atoms with Gasteiger partial charge in [0.1, 0.15) is 11.8 Å². The summed E-state index contributed by atoms with van der Waals surface area (Å²) in [6.07, 6.45) is 0. The molecule has 3 amide bonds. The first-order valence-electron chi connectivity index (χ1n) is 8.36. The van der Waals surface area contributed by atoms with E-state index in [1.807, 2.05) is 0 Å². The average Bonchev–Trinajstić information content (AvgIpc) is 2.87. The van der Waals surface area contributed by atoms with Gasteiger partial charge in [0.25, 0.3) is 11.8 Å². The molecule has 0 radical (unpaired) electrons. The molecule has 2 aromatic rings. The number of carbonyl (C=O) groups is 3. The van der Waals surface area contributed by atoms with Crippen molar-refractivity contribution in [1.29, 1.82) is 0 Å². The Balaban J connectivity index is 1.95. The van der Waals surface area contributed by atoms with Crippen LogP contribution in [0.15, 0.2) is 48.5 Å². The summed E-state index contributed by atoms with van der Waals surface area (Å²) in [5, 5.41) is 9.42. The monoisotopic (exact) mass is 352 g/mol. The molecule has 26 heavy (non-hydrogen) atoms. The fourth-order valence-electron chi connectivity index (χ4n) is 3.16. The molecule has 0 saturated carbocycles. The van der Waals surface area contributed by atoms with Crippen molar-refractivity contribution in [3.63, 3.8) is 0 Å². The minimum atomic E-state index is -0.916. The molecule has 1 aliphatic heterocycles. The number of rotatable bonds is 4. The highest BCUT2D eigenvalue weighted by molar-refractivity contribution is 6.23. The number of hydrogen-bond donors (Lipinski definition) is 1. The SMILES string of the molecule is CC(C)C(C(=O)N(C)c1ccc(O)cc1)N1C(=O)c2ccccc2C1=O. The maximum absolute atomic E-state index is 13.1. The van der Waals surface area contributed by atoms with Gasteiger partial charge in [-0.15, -0.1) is 0 Å². The fourth-order valence-corrected chi connectivity index (χ4v) is 3.16. The number of phenols is 1. The molecular weight excluding hydrogens is 332 g/mol. The second-order valence-corrected chi connectivity index (χ2v) is 6.63. The normalized spacial score (nSPS) is 14.5.